The monoisotopic (exact) mass is 283 g/mol. The second kappa shape index (κ2) is 5.40. The summed E-state index contributed by atoms with van der Waals surface area (Å²) in [5.74, 6) is 1.02. The van der Waals surface area contributed by atoms with Gasteiger partial charge in [0.25, 0.3) is 5.91 Å². The van der Waals surface area contributed by atoms with Crippen molar-refractivity contribution in [3.8, 4) is 5.75 Å². The number of amides is 1. The predicted molar refractivity (Wildman–Crippen MR) is 84.4 cm³/mol. The van der Waals surface area contributed by atoms with Crippen molar-refractivity contribution in [3.63, 3.8) is 0 Å². The van der Waals surface area contributed by atoms with Crippen LogP contribution in [-0.2, 0) is 0 Å². The molecule has 0 radical (unpaired) electrons. The molecule has 3 unspecified atom stereocenters. The highest BCUT2D eigenvalue weighted by molar-refractivity contribution is 6.03. The number of rotatable bonds is 2. The summed E-state index contributed by atoms with van der Waals surface area (Å²) in [6.07, 6.45) is 2.16. The van der Waals surface area contributed by atoms with Crippen molar-refractivity contribution in [2.45, 2.75) is 32.7 Å². The Hall–Kier alpha value is -2.03. The van der Waals surface area contributed by atoms with E-state index in [1.807, 2.05) is 30.3 Å². The Bertz CT molecular complexity index is 680. The van der Waals surface area contributed by atoms with Crippen molar-refractivity contribution in [2.24, 2.45) is 11.8 Å². The molecule has 0 aliphatic heterocycles. The summed E-state index contributed by atoms with van der Waals surface area (Å²) in [5.41, 5.74) is 0.362. The van der Waals surface area contributed by atoms with Crippen LogP contribution < -0.4 is 5.32 Å². The van der Waals surface area contributed by atoms with Gasteiger partial charge in [0.15, 0.2) is 0 Å². The van der Waals surface area contributed by atoms with Crippen LogP contribution in [-0.4, -0.2) is 17.1 Å². The highest BCUT2D eigenvalue weighted by Crippen LogP contribution is 2.32. The van der Waals surface area contributed by atoms with Crippen LogP contribution in [0, 0.1) is 11.8 Å². The van der Waals surface area contributed by atoms with Gasteiger partial charge >= 0.3 is 0 Å². The molecule has 3 rings (SSSR count). The van der Waals surface area contributed by atoms with Crippen molar-refractivity contribution >= 4 is 16.7 Å². The molecule has 1 saturated carbocycles. The van der Waals surface area contributed by atoms with Gasteiger partial charge in [0, 0.05) is 11.4 Å². The summed E-state index contributed by atoms with van der Waals surface area (Å²) in [7, 11) is 0. The fourth-order valence-electron chi connectivity index (χ4n) is 3.25. The molecule has 1 aliphatic rings. The van der Waals surface area contributed by atoms with Crippen LogP contribution >= 0.6 is 0 Å². The molecule has 0 heterocycles. The number of benzene rings is 2. The SMILES string of the molecule is CC1CCC(NC(=O)c2ccc3ccccc3c2O)C1C. The number of fused-ring (bicyclic) bond motifs is 1. The van der Waals surface area contributed by atoms with Crippen molar-refractivity contribution < 1.29 is 9.90 Å². The summed E-state index contributed by atoms with van der Waals surface area (Å²) >= 11 is 0. The van der Waals surface area contributed by atoms with E-state index in [9.17, 15) is 9.90 Å². The molecular formula is C18H21NO2. The molecule has 3 heteroatoms. The Morgan fingerprint density at radius 3 is 2.62 bits per heavy atom. The Morgan fingerprint density at radius 1 is 1.14 bits per heavy atom. The van der Waals surface area contributed by atoms with E-state index in [0.717, 1.165) is 23.6 Å². The third-order valence-electron chi connectivity index (χ3n) is 4.93. The zero-order chi connectivity index (χ0) is 15.0. The maximum Gasteiger partial charge on any atom is 0.255 e. The lowest BCUT2D eigenvalue weighted by Crippen LogP contribution is -2.37. The first-order chi connectivity index (χ1) is 10.1. The lowest BCUT2D eigenvalue weighted by atomic mass is 9.97. The summed E-state index contributed by atoms with van der Waals surface area (Å²) in [6, 6.07) is 11.3. The predicted octanol–water partition coefficient (Wildman–Crippen LogP) is 3.71. The van der Waals surface area contributed by atoms with Gasteiger partial charge in [-0.1, -0.05) is 44.2 Å². The molecular weight excluding hydrogens is 262 g/mol. The van der Waals surface area contributed by atoms with Crippen molar-refractivity contribution in [2.75, 3.05) is 0 Å². The van der Waals surface area contributed by atoms with Crippen LogP contribution in [0.15, 0.2) is 36.4 Å². The average Bonchev–Trinajstić information content (AvgIpc) is 2.80. The zero-order valence-electron chi connectivity index (χ0n) is 12.5. The maximum atomic E-state index is 12.4. The summed E-state index contributed by atoms with van der Waals surface area (Å²) in [5, 5.41) is 15.1. The van der Waals surface area contributed by atoms with Gasteiger partial charge in [-0.15, -0.1) is 0 Å². The third-order valence-corrected chi connectivity index (χ3v) is 4.93. The van der Waals surface area contributed by atoms with Crippen LogP contribution in [0.1, 0.15) is 37.0 Å². The van der Waals surface area contributed by atoms with E-state index in [1.165, 1.54) is 0 Å². The van der Waals surface area contributed by atoms with Crippen LogP contribution in [0.5, 0.6) is 5.75 Å². The Balaban J connectivity index is 1.87. The van der Waals surface area contributed by atoms with Gasteiger partial charge in [-0.25, -0.2) is 0 Å². The fourth-order valence-corrected chi connectivity index (χ4v) is 3.25. The second-order valence-corrected chi connectivity index (χ2v) is 6.18. The Labute approximate surface area is 125 Å². The summed E-state index contributed by atoms with van der Waals surface area (Å²) < 4.78 is 0. The number of carbonyl (C=O) groups is 1. The quantitative estimate of drug-likeness (QED) is 0.882. The van der Waals surface area contributed by atoms with Crippen LogP contribution in [0.4, 0.5) is 0 Å². The number of phenolic OH excluding ortho intramolecular Hbond substituents is 1. The fraction of sp³-hybridized carbons (Fsp3) is 0.389. The lowest BCUT2D eigenvalue weighted by molar-refractivity contribution is 0.0925. The van der Waals surface area contributed by atoms with Gasteiger partial charge in [-0.3, -0.25) is 4.79 Å². The van der Waals surface area contributed by atoms with Gasteiger partial charge in [0.05, 0.1) is 5.56 Å². The summed E-state index contributed by atoms with van der Waals surface area (Å²) in [4.78, 5) is 12.4. The van der Waals surface area contributed by atoms with E-state index in [0.29, 0.717) is 17.4 Å². The molecule has 2 aromatic rings. The van der Waals surface area contributed by atoms with E-state index in [-0.39, 0.29) is 17.7 Å². The number of phenols is 1. The molecule has 3 atom stereocenters. The topological polar surface area (TPSA) is 49.3 Å². The van der Waals surface area contributed by atoms with Gasteiger partial charge in [-0.05, 0) is 36.1 Å². The molecule has 3 nitrogen and oxygen atoms in total. The van der Waals surface area contributed by atoms with Gasteiger partial charge in [0.2, 0.25) is 0 Å². The number of carbonyl (C=O) groups excluding carboxylic acids is 1. The smallest absolute Gasteiger partial charge is 0.255 e. The summed E-state index contributed by atoms with van der Waals surface area (Å²) in [6.45, 7) is 4.41. The van der Waals surface area contributed by atoms with Crippen LogP contribution in [0.2, 0.25) is 0 Å². The number of hydrogen-bond acceptors (Lipinski definition) is 2. The molecule has 2 N–H and O–H groups in total. The second-order valence-electron chi connectivity index (χ2n) is 6.18. The molecule has 0 aromatic heterocycles. The van der Waals surface area contributed by atoms with Gasteiger partial charge in [-0.2, -0.15) is 0 Å². The van der Waals surface area contributed by atoms with E-state index in [4.69, 9.17) is 0 Å². The minimum atomic E-state index is -0.177. The van der Waals surface area contributed by atoms with E-state index in [2.05, 4.69) is 19.2 Å². The molecule has 1 fully saturated rings. The number of nitrogens with one attached hydrogen (secondary N) is 1. The first-order valence-electron chi connectivity index (χ1n) is 7.59. The first kappa shape index (κ1) is 13.9. The number of aromatic hydroxyl groups is 1. The highest BCUT2D eigenvalue weighted by atomic mass is 16.3. The third kappa shape index (κ3) is 2.48. The molecule has 0 spiro atoms. The van der Waals surface area contributed by atoms with Crippen molar-refractivity contribution in [1.29, 1.82) is 0 Å². The van der Waals surface area contributed by atoms with Crippen LogP contribution in [0.25, 0.3) is 10.8 Å². The minimum absolute atomic E-state index is 0.0734. The first-order valence-corrected chi connectivity index (χ1v) is 7.59. The normalized spacial score (nSPS) is 25.1. The van der Waals surface area contributed by atoms with Crippen LogP contribution in [0.3, 0.4) is 0 Å². The van der Waals surface area contributed by atoms with E-state index in [1.54, 1.807) is 6.07 Å². The van der Waals surface area contributed by atoms with Gasteiger partial charge < -0.3 is 10.4 Å². The Morgan fingerprint density at radius 2 is 1.90 bits per heavy atom. The largest absolute Gasteiger partial charge is 0.506 e. The molecule has 2 aromatic carbocycles. The molecule has 21 heavy (non-hydrogen) atoms. The molecule has 0 bridgehead atoms. The van der Waals surface area contributed by atoms with E-state index < -0.39 is 0 Å². The molecule has 1 amide bonds. The van der Waals surface area contributed by atoms with Crippen molar-refractivity contribution in [3.05, 3.63) is 42.0 Å². The number of hydrogen-bond donors (Lipinski definition) is 2. The average molecular weight is 283 g/mol. The molecule has 1 aliphatic carbocycles. The maximum absolute atomic E-state index is 12.4. The van der Waals surface area contributed by atoms with E-state index >= 15 is 0 Å². The highest BCUT2D eigenvalue weighted by Gasteiger charge is 2.31. The standard InChI is InChI=1S/C18H21NO2/c1-11-7-10-16(12(11)2)19-18(21)15-9-8-13-5-3-4-6-14(13)17(15)20/h3-6,8-9,11-12,16,20H,7,10H2,1-2H3,(H,19,21). The molecule has 0 saturated heterocycles. The van der Waals surface area contributed by atoms with Gasteiger partial charge in [0.1, 0.15) is 5.75 Å². The Kier molecular flexibility index (Phi) is 3.58. The van der Waals surface area contributed by atoms with Crippen molar-refractivity contribution in [1.82, 2.24) is 5.32 Å². The minimum Gasteiger partial charge on any atom is -0.506 e. The zero-order valence-corrected chi connectivity index (χ0v) is 12.5. The molecule has 110 valence electrons. The lowest BCUT2D eigenvalue weighted by Gasteiger charge is -2.20.